The summed E-state index contributed by atoms with van der Waals surface area (Å²) in [6, 6.07) is 0. The Morgan fingerprint density at radius 1 is 1.57 bits per heavy atom. The minimum atomic E-state index is 0.161. The van der Waals surface area contributed by atoms with E-state index in [9.17, 15) is 0 Å². The van der Waals surface area contributed by atoms with Crippen LogP contribution in [0, 0.1) is 5.92 Å². The Kier molecular flexibility index (Phi) is 0.537. The molecule has 0 saturated carbocycles. The lowest BCUT2D eigenvalue weighted by Crippen LogP contribution is -2.15. The van der Waals surface area contributed by atoms with Gasteiger partial charge in [0.1, 0.15) is 0 Å². The topological polar surface area (TPSA) is 3.24 Å². The molecule has 0 radical (unpaired) electrons. The number of piperidine rings is 1. The number of rotatable bonds is 0. The van der Waals surface area contributed by atoms with Crippen LogP contribution in [0.25, 0.3) is 0 Å². The van der Waals surface area contributed by atoms with Crippen molar-refractivity contribution in [1.29, 1.82) is 0 Å². The Hall–Kier alpha value is -0.0400. The van der Waals surface area contributed by atoms with Crippen molar-refractivity contribution in [1.82, 2.24) is 4.90 Å². The van der Waals surface area contributed by atoms with Gasteiger partial charge in [-0.25, -0.2) is 0 Å². The SMILES string of the molecule is [2H]C1CC2CCN1C2. The zero-order chi connectivity index (χ0) is 5.56. The van der Waals surface area contributed by atoms with Crippen molar-refractivity contribution >= 4 is 0 Å². The van der Waals surface area contributed by atoms with E-state index in [1.165, 1.54) is 19.5 Å². The molecule has 7 heavy (non-hydrogen) atoms. The van der Waals surface area contributed by atoms with E-state index in [0.29, 0.717) is 0 Å². The van der Waals surface area contributed by atoms with Crippen molar-refractivity contribution in [2.75, 3.05) is 19.6 Å². The summed E-state index contributed by atoms with van der Waals surface area (Å²) < 4.78 is 7.45. The molecule has 40 valence electrons. The zero-order valence-corrected chi connectivity index (χ0v) is 4.43. The second kappa shape index (κ2) is 1.22. The Morgan fingerprint density at radius 3 is 2.86 bits per heavy atom. The van der Waals surface area contributed by atoms with Gasteiger partial charge in [0.25, 0.3) is 0 Å². The van der Waals surface area contributed by atoms with Gasteiger partial charge < -0.3 is 4.90 Å². The van der Waals surface area contributed by atoms with E-state index in [0.717, 1.165) is 12.3 Å². The number of fused-ring (bicyclic) bond motifs is 2. The van der Waals surface area contributed by atoms with Crippen LogP contribution in [0.2, 0.25) is 0 Å². The van der Waals surface area contributed by atoms with Crippen LogP contribution in [0.5, 0.6) is 0 Å². The summed E-state index contributed by atoms with van der Waals surface area (Å²) in [7, 11) is 0. The molecule has 2 saturated heterocycles. The fraction of sp³-hybridized carbons (Fsp3) is 1.00. The normalized spacial score (nSPS) is 60.6. The van der Waals surface area contributed by atoms with E-state index in [2.05, 4.69) is 4.90 Å². The fourth-order valence-corrected chi connectivity index (χ4v) is 1.52. The molecule has 2 fully saturated rings. The molecule has 0 spiro atoms. The predicted octanol–water partition coefficient (Wildman–Crippen LogP) is 0.712. The maximum atomic E-state index is 7.45. The summed E-state index contributed by atoms with van der Waals surface area (Å²) in [5, 5.41) is 0. The summed E-state index contributed by atoms with van der Waals surface area (Å²) in [6.07, 6.45) is 2.50. The third kappa shape index (κ3) is 0.480. The first-order valence-electron chi connectivity index (χ1n) is 3.60. The lowest BCUT2D eigenvalue weighted by atomic mass is 10.1. The minimum absolute atomic E-state index is 0.161. The van der Waals surface area contributed by atoms with E-state index in [1.54, 1.807) is 0 Å². The van der Waals surface area contributed by atoms with Crippen LogP contribution >= 0.6 is 0 Å². The quantitative estimate of drug-likeness (QED) is 0.431. The van der Waals surface area contributed by atoms with Gasteiger partial charge in [-0.1, -0.05) is 0 Å². The van der Waals surface area contributed by atoms with Gasteiger partial charge in [0, 0.05) is 7.92 Å². The third-order valence-corrected chi connectivity index (χ3v) is 2.01. The highest BCUT2D eigenvalue weighted by Crippen LogP contribution is 2.26. The summed E-state index contributed by atoms with van der Waals surface area (Å²) in [6.45, 7) is 2.57. The molecule has 1 heteroatoms. The first kappa shape index (κ1) is 3.08. The van der Waals surface area contributed by atoms with Crippen LogP contribution in [0.4, 0.5) is 0 Å². The molecule has 0 N–H and O–H groups in total. The first-order valence-corrected chi connectivity index (χ1v) is 3.02. The number of nitrogens with zero attached hydrogens (tertiary/aromatic N) is 1. The van der Waals surface area contributed by atoms with E-state index in [1.807, 2.05) is 0 Å². The number of hydrogen-bond donors (Lipinski definition) is 0. The second-order valence-electron chi connectivity index (χ2n) is 2.57. The molecule has 2 aliphatic heterocycles. The van der Waals surface area contributed by atoms with E-state index < -0.39 is 0 Å². The van der Waals surface area contributed by atoms with Crippen LogP contribution in [0.15, 0.2) is 0 Å². The molecule has 0 aromatic carbocycles. The molecule has 0 aromatic heterocycles. The van der Waals surface area contributed by atoms with Crippen molar-refractivity contribution in [2.24, 2.45) is 5.92 Å². The number of hydrogen-bond acceptors (Lipinski definition) is 1. The summed E-state index contributed by atoms with van der Waals surface area (Å²) >= 11 is 0. The van der Waals surface area contributed by atoms with Crippen molar-refractivity contribution in [3.8, 4) is 0 Å². The van der Waals surface area contributed by atoms with E-state index in [-0.39, 0.29) is 6.52 Å². The molecular formula is C6H11N. The molecule has 0 aliphatic carbocycles. The van der Waals surface area contributed by atoms with Crippen molar-refractivity contribution in [3.63, 3.8) is 0 Å². The summed E-state index contributed by atoms with van der Waals surface area (Å²) in [4.78, 5) is 2.27. The highest BCUT2D eigenvalue weighted by atomic mass is 15.2. The van der Waals surface area contributed by atoms with Gasteiger partial charge in [-0.15, -0.1) is 0 Å². The molecule has 0 aromatic rings. The molecule has 1 nitrogen and oxygen atoms in total. The van der Waals surface area contributed by atoms with Crippen molar-refractivity contribution in [2.45, 2.75) is 12.8 Å². The molecule has 3 unspecified atom stereocenters. The lowest BCUT2D eigenvalue weighted by Gasteiger charge is -2.09. The van der Waals surface area contributed by atoms with Gasteiger partial charge in [-0.05, 0) is 31.8 Å². The van der Waals surface area contributed by atoms with Crippen LogP contribution in [0.1, 0.15) is 14.2 Å². The molecule has 2 bridgehead atoms. The minimum Gasteiger partial charge on any atom is -0.303 e. The maximum Gasteiger partial charge on any atom is 0.0431 e. The second-order valence-corrected chi connectivity index (χ2v) is 2.57. The lowest BCUT2D eigenvalue weighted by molar-refractivity contribution is 0.368. The van der Waals surface area contributed by atoms with Crippen LogP contribution in [0.3, 0.4) is 0 Å². The van der Waals surface area contributed by atoms with Crippen LogP contribution in [-0.2, 0) is 0 Å². The zero-order valence-electron chi connectivity index (χ0n) is 5.43. The van der Waals surface area contributed by atoms with Gasteiger partial charge in [0.15, 0.2) is 0 Å². The van der Waals surface area contributed by atoms with E-state index >= 15 is 0 Å². The van der Waals surface area contributed by atoms with Crippen molar-refractivity contribution in [3.05, 3.63) is 0 Å². The molecule has 0 amide bonds. The third-order valence-electron chi connectivity index (χ3n) is 2.01. The van der Waals surface area contributed by atoms with Gasteiger partial charge >= 0.3 is 0 Å². The Bertz CT molecular complexity index is 103. The largest absolute Gasteiger partial charge is 0.303 e. The van der Waals surface area contributed by atoms with Gasteiger partial charge in [0.05, 0.1) is 0 Å². The monoisotopic (exact) mass is 98.1 g/mol. The van der Waals surface area contributed by atoms with Crippen molar-refractivity contribution < 1.29 is 1.37 Å². The fourth-order valence-electron chi connectivity index (χ4n) is 1.52. The Morgan fingerprint density at radius 2 is 2.57 bits per heavy atom. The Balaban J connectivity index is 2.11. The smallest absolute Gasteiger partial charge is 0.0431 e. The van der Waals surface area contributed by atoms with Gasteiger partial charge in [-0.3, -0.25) is 0 Å². The molecule has 2 aliphatic rings. The summed E-state index contributed by atoms with van der Waals surface area (Å²) in [5.74, 6) is 0.887. The summed E-state index contributed by atoms with van der Waals surface area (Å²) in [5.41, 5.74) is 0. The maximum absolute atomic E-state index is 7.45. The van der Waals surface area contributed by atoms with Gasteiger partial charge in [-0.2, -0.15) is 0 Å². The molecular weight excluding hydrogens is 86.1 g/mol. The highest BCUT2D eigenvalue weighted by Gasteiger charge is 2.28. The predicted molar refractivity (Wildman–Crippen MR) is 29.2 cm³/mol. The highest BCUT2D eigenvalue weighted by molar-refractivity contribution is 4.82. The molecule has 2 heterocycles. The standard InChI is InChI=1S/C6H11N/c1-3-7-4-2-6(1)5-7/h6H,1-5H2/i3D. The van der Waals surface area contributed by atoms with Crippen LogP contribution in [-0.4, -0.2) is 24.5 Å². The van der Waals surface area contributed by atoms with Gasteiger partial charge in [0.2, 0.25) is 0 Å². The molecule has 3 atom stereocenters. The Labute approximate surface area is 45.7 Å². The van der Waals surface area contributed by atoms with Crippen LogP contribution < -0.4 is 0 Å². The van der Waals surface area contributed by atoms with E-state index in [4.69, 9.17) is 1.37 Å². The average molecular weight is 98.2 g/mol. The molecule has 2 rings (SSSR count). The first-order chi connectivity index (χ1) is 3.86. The average Bonchev–Trinajstić information content (AvgIpc) is 2.23.